The number of rotatable bonds is 3. The fourth-order valence-corrected chi connectivity index (χ4v) is 1.66. The Morgan fingerprint density at radius 2 is 2.31 bits per heavy atom. The Bertz CT molecular complexity index is 476. The molecule has 1 aromatic heterocycles. The third-order valence-electron chi connectivity index (χ3n) is 2.36. The van der Waals surface area contributed by atoms with Gasteiger partial charge >= 0.3 is 0 Å². The second-order valence-electron chi connectivity index (χ2n) is 3.54. The highest BCUT2D eigenvalue weighted by Crippen LogP contribution is 2.20. The summed E-state index contributed by atoms with van der Waals surface area (Å²) in [4.78, 5) is 0. The highest BCUT2D eigenvalue weighted by Gasteiger charge is 2.05. The minimum absolute atomic E-state index is 0.0920. The van der Waals surface area contributed by atoms with E-state index in [1.54, 1.807) is 10.7 Å². The van der Waals surface area contributed by atoms with E-state index in [1.807, 2.05) is 25.1 Å². The van der Waals surface area contributed by atoms with Crippen molar-refractivity contribution in [3.63, 3.8) is 0 Å². The lowest BCUT2D eigenvalue weighted by molar-refractivity contribution is 0.268. The second-order valence-corrected chi connectivity index (χ2v) is 3.95. The van der Waals surface area contributed by atoms with Crippen LogP contribution in [0.15, 0.2) is 24.3 Å². The van der Waals surface area contributed by atoms with Crippen LogP contribution in [0.2, 0.25) is 5.02 Å². The monoisotopic (exact) mass is 235 g/mol. The van der Waals surface area contributed by atoms with Gasteiger partial charge in [0.05, 0.1) is 18.8 Å². The lowest BCUT2D eigenvalue weighted by Gasteiger charge is -1.99. The molecular formula is C12H12ClN2O. The number of hydrogen-bond acceptors (Lipinski definition) is 2. The smallest absolute Gasteiger partial charge is 0.0926 e. The van der Waals surface area contributed by atoms with Crippen molar-refractivity contribution >= 4 is 11.6 Å². The van der Waals surface area contributed by atoms with E-state index < -0.39 is 0 Å². The van der Waals surface area contributed by atoms with Gasteiger partial charge in [-0.3, -0.25) is 4.68 Å². The van der Waals surface area contributed by atoms with Gasteiger partial charge in [0.25, 0.3) is 0 Å². The molecule has 0 atom stereocenters. The Morgan fingerprint density at radius 1 is 1.50 bits per heavy atom. The van der Waals surface area contributed by atoms with E-state index >= 15 is 0 Å². The molecule has 0 spiro atoms. The van der Waals surface area contributed by atoms with Crippen LogP contribution < -0.4 is 0 Å². The van der Waals surface area contributed by atoms with Gasteiger partial charge in [-0.25, -0.2) is 0 Å². The molecule has 0 saturated carbocycles. The van der Waals surface area contributed by atoms with Crippen molar-refractivity contribution in [1.82, 2.24) is 9.78 Å². The summed E-state index contributed by atoms with van der Waals surface area (Å²) in [7, 11) is 0. The van der Waals surface area contributed by atoms with Crippen LogP contribution in [-0.4, -0.2) is 21.5 Å². The van der Waals surface area contributed by atoms with Crippen molar-refractivity contribution in [2.24, 2.45) is 0 Å². The predicted molar refractivity (Wildman–Crippen MR) is 63.3 cm³/mol. The molecule has 2 rings (SSSR count). The molecule has 0 saturated heterocycles. The molecule has 1 N–H and O–H groups in total. The number of benzene rings is 1. The summed E-state index contributed by atoms with van der Waals surface area (Å²) in [6.45, 7) is 2.57. The maximum atomic E-state index is 8.88. The van der Waals surface area contributed by atoms with Crippen molar-refractivity contribution in [3.8, 4) is 11.3 Å². The molecule has 0 aliphatic carbocycles. The Kier molecular flexibility index (Phi) is 3.27. The maximum absolute atomic E-state index is 8.88. The van der Waals surface area contributed by atoms with E-state index in [-0.39, 0.29) is 6.61 Å². The predicted octanol–water partition coefficient (Wildman–Crippen LogP) is 2.30. The molecule has 0 aliphatic heterocycles. The van der Waals surface area contributed by atoms with Crippen LogP contribution in [0.3, 0.4) is 0 Å². The summed E-state index contributed by atoms with van der Waals surface area (Å²) in [5.41, 5.74) is 2.88. The molecule has 0 unspecified atom stereocenters. The van der Waals surface area contributed by atoms with Gasteiger partial charge in [0, 0.05) is 22.3 Å². The van der Waals surface area contributed by atoms with Crippen molar-refractivity contribution in [2.45, 2.75) is 13.5 Å². The van der Waals surface area contributed by atoms with Gasteiger partial charge in [0.15, 0.2) is 0 Å². The van der Waals surface area contributed by atoms with Crippen LogP contribution in [-0.2, 0) is 6.54 Å². The van der Waals surface area contributed by atoms with Crippen molar-refractivity contribution in [2.75, 3.05) is 6.61 Å². The summed E-state index contributed by atoms with van der Waals surface area (Å²) in [6.07, 6.45) is 0. The number of aliphatic hydroxyl groups is 1. The first-order valence-corrected chi connectivity index (χ1v) is 5.41. The van der Waals surface area contributed by atoms with Crippen LogP contribution in [0.4, 0.5) is 0 Å². The molecule has 83 valence electrons. The maximum Gasteiger partial charge on any atom is 0.0926 e. The number of halogens is 1. The lowest BCUT2D eigenvalue weighted by Crippen LogP contribution is -2.05. The molecule has 0 fully saturated rings. The molecule has 3 nitrogen and oxygen atoms in total. The highest BCUT2D eigenvalue weighted by atomic mass is 35.5. The molecule has 16 heavy (non-hydrogen) atoms. The summed E-state index contributed by atoms with van der Waals surface area (Å²) in [5, 5.41) is 13.9. The lowest BCUT2D eigenvalue weighted by atomic mass is 10.1. The van der Waals surface area contributed by atoms with Gasteiger partial charge < -0.3 is 5.11 Å². The molecule has 1 aromatic carbocycles. The third kappa shape index (κ3) is 2.26. The molecule has 0 amide bonds. The van der Waals surface area contributed by atoms with Gasteiger partial charge in [-0.05, 0) is 25.1 Å². The van der Waals surface area contributed by atoms with Crippen LogP contribution in [0.5, 0.6) is 0 Å². The van der Waals surface area contributed by atoms with Crippen LogP contribution >= 0.6 is 11.6 Å². The first-order chi connectivity index (χ1) is 7.70. The number of aryl methyl sites for hydroxylation is 1. The molecule has 1 heterocycles. The summed E-state index contributed by atoms with van der Waals surface area (Å²) < 4.78 is 1.78. The van der Waals surface area contributed by atoms with Gasteiger partial charge in [0.2, 0.25) is 0 Å². The Labute approximate surface area is 99.3 Å². The van der Waals surface area contributed by atoms with Gasteiger partial charge in [-0.1, -0.05) is 17.7 Å². The molecule has 0 bridgehead atoms. The standard InChI is InChI=1S/C12H12ClN2O/c1-9-8-12(14-15(9)6-7-16)10-2-4-11(13)5-3-10/h2-4,8,16H,6-7H2,1H3. The summed E-state index contributed by atoms with van der Waals surface area (Å²) >= 11 is 5.77. The highest BCUT2D eigenvalue weighted by molar-refractivity contribution is 6.30. The van der Waals surface area contributed by atoms with Crippen LogP contribution in [0.25, 0.3) is 11.3 Å². The number of aromatic nitrogens is 2. The summed E-state index contributed by atoms with van der Waals surface area (Å²) in [6, 6.07) is 10.4. The Balaban J connectivity index is 2.33. The van der Waals surface area contributed by atoms with E-state index in [0.29, 0.717) is 11.6 Å². The van der Waals surface area contributed by atoms with Gasteiger partial charge in [0.1, 0.15) is 0 Å². The van der Waals surface area contributed by atoms with E-state index in [0.717, 1.165) is 17.0 Å². The summed E-state index contributed by atoms with van der Waals surface area (Å²) in [5.74, 6) is 0. The van der Waals surface area contributed by atoms with Gasteiger partial charge in [-0.15, -0.1) is 0 Å². The van der Waals surface area contributed by atoms with E-state index in [4.69, 9.17) is 16.7 Å². The second kappa shape index (κ2) is 4.68. The van der Waals surface area contributed by atoms with Gasteiger partial charge in [-0.2, -0.15) is 5.10 Å². The zero-order chi connectivity index (χ0) is 11.5. The number of aliphatic hydroxyl groups excluding tert-OH is 1. The van der Waals surface area contributed by atoms with E-state index in [2.05, 4.69) is 11.2 Å². The topological polar surface area (TPSA) is 38.0 Å². The number of nitrogens with zero attached hydrogens (tertiary/aromatic N) is 2. The molecule has 2 aromatic rings. The Morgan fingerprint density at radius 3 is 2.94 bits per heavy atom. The Hall–Kier alpha value is -1.32. The first kappa shape index (κ1) is 11.2. The molecule has 4 heteroatoms. The van der Waals surface area contributed by atoms with Crippen molar-refractivity contribution in [1.29, 1.82) is 0 Å². The fraction of sp³-hybridized carbons (Fsp3) is 0.250. The zero-order valence-corrected chi connectivity index (χ0v) is 9.70. The SMILES string of the molecule is Cc1cc(-c2c[c]c(Cl)cc2)nn1CCO. The zero-order valence-electron chi connectivity index (χ0n) is 8.94. The fourth-order valence-electron chi connectivity index (χ4n) is 1.54. The molecule has 1 radical (unpaired) electrons. The number of hydrogen-bond donors (Lipinski definition) is 1. The minimum atomic E-state index is 0.0920. The van der Waals surface area contributed by atoms with Crippen molar-refractivity contribution < 1.29 is 5.11 Å². The van der Waals surface area contributed by atoms with Crippen LogP contribution in [0.1, 0.15) is 5.69 Å². The normalized spacial score (nSPS) is 10.7. The molecule has 0 aliphatic rings. The average Bonchev–Trinajstić information content (AvgIpc) is 2.62. The first-order valence-electron chi connectivity index (χ1n) is 5.03. The van der Waals surface area contributed by atoms with E-state index in [1.165, 1.54) is 0 Å². The van der Waals surface area contributed by atoms with Crippen molar-refractivity contribution in [3.05, 3.63) is 41.0 Å². The third-order valence-corrected chi connectivity index (χ3v) is 2.60. The largest absolute Gasteiger partial charge is 0.394 e. The quantitative estimate of drug-likeness (QED) is 0.887. The molecular weight excluding hydrogens is 224 g/mol. The van der Waals surface area contributed by atoms with E-state index in [9.17, 15) is 0 Å². The van der Waals surface area contributed by atoms with Crippen LogP contribution in [0, 0.1) is 13.0 Å². The average molecular weight is 236 g/mol. The minimum Gasteiger partial charge on any atom is -0.394 e.